The third-order valence-corrected chi connectivity index (χ3v) is 3.66. The second kappa shape index (κ2) is 5.29. The Morgan fingerprint density at radius 3 is 2.72 bits per heavy atom. The van der Waals surface area contributed by atoms with Gasteiger partial charge in [0, 0.05) is 25.2 Å². The first-order valence-electron chi connectivity index (χ1n) is 6.35. The van der Waals surface area contributed by atoms with Crippen LogP contribution in [-0.4, -0.2) is 26.5 Å². The average Bonchev–Trinajstić information content (AvgIpc) is 2.32. The first-order valence-corrected chi connectivity index (χ1v) is 6.35. The second-order valence-electron chi connectivity index (χ2n) is 4.97. The van der Waals surface area contributed by atoms with Crippen molar-refractivity contribution in [3.63, 3.8) is 0 Å². The fourth-order valence-corrected chi connectivity index (χ4v) is 2.34. The molecular formula is C14H21N3O. The number of nitrogen functional groups attached to an aromatic ring is 1. The highest BCUT2D eigenvalue weighted by atomic mass is 16.5. The molecule has 4 nitrogen and oxygen atoms in total. The van der Waals surface area contributed by atoms with Crippen LogP contribution in [0.5, 0.6) is 5.75 Å². The van der Waals surface area contributed by atoms with Gasteiger partial charge in [0.2, 0.25) is 0 Å². The Balaban J connectivity index is 2.23. The maximum atomic E-state index is 7.65. The van der Waals surface area contributed by atoms with Gasteiger partial charge in [0.25, 0.3) is 0 Å². The predicted octanol–water partition coefficient (Wildman–Crippen LogP) is 2.22. The molecule has 1 aliphatic rings. The number of ether oxygens (including phenoxy) is 1. The van der Waals surface area contributed by atoms with E-state index < -0.39 is 0 Å². The van der Waals surface area contributed by atoms with Gasteiger partial charge in [-0.1, -0.05) is 6.42 Å². The minimum Gasteiger partial charge on any atom is -0.497 e. The Hall–Kier alpha value is -1.71. The van der Waals surface area contributed by atoms with E-state index in [1.54, 1.807) is 7.11 Å². The second-order valence-corrected chi connectivity index (χ2v) is 4.97. The summed E-state index contributed by atoms with van der Waals surface area (Å²) in [5, 5.41) is 7.65. The van der Waals surface area contributed by atoms with Crippen LogP contribution in [0.2, 0.25) is 0 Å². The molecule has 0 aliphatic heterocycles. The summed E-state index contributed by atoms with van der Waals surface area (Å²) in [6.07, 6.45) is 3.96. The topological polar surface area (TPSA) is 62.3 Å². The molecule has 1 aromatic rings. The summed E-state index contributed by atoms with van der Waals surface area (Å²) in [4.78, 5) is 2.18. The number of benzene rings is 1. The molecule has 0 heterocycles. The summed E-state index contributed by atoms with van der Waals surface area (Å²) in [5.74, 6) is 1.68. The number of nitrogens with two attached hydrogens (primary N) is 1. The van der Waals surface area contributed by atoms with Gasteiger partial charge >= 0.3 is 0 Å². The van der Waals surface area contributed by atoms with Gasteiger partial charge in [-0.25, -0.2) is 0 Å². The monoisotopic (exact) mass is 247 g/mol. The van der Waals surface area contributed by atoms with Crippen molar-refractivity contribution in [1.29, 1.82) is 5.41 Å². The van der Waals surface area contributed by atoms with Gasteiger partial charge in [-0.15, -0.1) is 0 Å². The van der Waals surface area contributed by atoms with Crippen molar-refractivity contribution in [2.45, 2.75) is 19.3 Å². The van der Waals surface area contributed by atoms with E-state index in [1.807, 2.05) is 18.2 Å². The summed E-state index contributed by atoms with van der Waals surface area (Å²) in [6, 6.07) is 5.65. The van der Waals surface area contributed by atoms with Gasteiger partial charge in [0.1, 0.15) is 11.6 Å². The number of anilines is 1. The van der Waals surface area contributed by atoms with Gasteiger partial charge < -0.3 is 15.4 Å². The smallest absolute Gasteiger partial charge is 0.124 e. The Kier molecular flexibility index (Phi) is 3.75. The first-order chi connectivity index (χ1) is 8.61. The van der Waals surface area contributed by atoms with Crippen LogP contribution in [0.1, 0.15) is 24.8 Å². The molecular weight excluding hydrogens is 226 g/mol. The van der Waals surface area contributed by atoms with E-state index in [1.165, 1.54) is 19.3 Å². The Morgan fingerprint density at radius 2 is 2.22 bits per heavy atom. The van der Waals surface area contributed by atoms with Crippen molar-refractivity contribution in [3.05, 3.63) is 23.8 Å². The van der Waals surface area contributed by atoms with E-state index in [-0.39, 0.29) is 5.84 Å². The fraction of sp³-hybridized carbons (Fsp3) is 0.500. The normalized spacial score (nSPS) is 15.0. The van der Waals surface area contributed by atoms with Gasteiger partial charge in [0.15, 0.2) is 0 Å². The zero-order chi connectivity index (χ0) is 13.1. The summed E-state index contributed by atoms with van der Waals surface area (Å²) < 4.78 is 5.25. The van der Waals surface area contributed by atoms with Gasteiger partial charge in [-0.05, 0) is 30.9 Å². The van der Waals surface area contributed by atoms with Crippen LogP contribution in [0.15, 0.2) is 18.2 Å². The Bertz CT molecular complexity index is 441. The van der Waals surface area contributed by atoms with Gasteiger partial charge in [-0.3, -0.25) is 5.41 Å². The molecule has 1 saturated carbocycles. The van der Waals surface area contributed by atoms with Crippen molar-refractivity contribution >= 4 is 11.5 Å². The first kappa shape index (κ1) is 12.7. The average molecular weight is 247 g/mol. The lowest BCUT2D eigenvalue weighted by Gasteiger charge is -2.32. The van der Waals surface area contributed by atoms with Crippen LogP contribution in [0.25, 0.3) is 0 Å². The maximum Gasteiger partial charge on any atom is 0.124 e. The lowest BCUT2D eigenvalue weighted by molar-refractivity contribution is 0.321. The molecule has 1 aromatic carbocycles. The minimum atomic E-state index is 0.105. The number of hydrogen-bond acceptors (Lipinski definition) is 3. The van der Waals surface area contributed by atoms with Crippen LogP contribution in [0, 0.1) is 11.3 Å². The van der Waals surface area contributed by atoms with Crippen LogP contribution < -0.4 is 15.4 Å². The van der Waals surface area contributed by atoms with E-state index in [9.17, 15) is 0 Å². The third-order valence-electron chi connectivity index (χ3n) is 3.66. The Morgan fingerprint density at radius 1 is 1.50 bits per heavy atom. The highest BCUT2D eigenvalue weighted by molar-refractivity contribution is 6.00. The quantitative estimate of drug-likeness (QED) is 0.619. The van der Waals surface area contributed by atoms with Crippen molar-refractivity contribution in [1.82, 2.24) is 0 Å². The van der Waals surface area contributed by atoms with Crippen molar-refractivity contribution < 1.29 is 4.74 Å². The molecule has 1 fully saturated rings. The standard InChI is InChI=1S/C14H21N3O/c1-17(9-10-4-3-5-10)13-8-11(18-2)6-7-12(13)14(15)16/h6-8,10H,3-5,9H2,1-2H3,(H3,15,16). The minimum absolute atomic E-state index is 0.105. The van der Waals surface area contributed by atoms with Crippen molar-refractivity contribution in [2.75, 3.05) is 25.6 Å². The zero-order valence-electron chi connectivity index (χ0n) is 11.1. The molecule has 0 amide bonds. The van der Waals surface area contributed by atoms with Crippen LogP contribution >= 0.6 is 0 Å². The number of nitrogens with zero attached hydrogens (tertiary/aromatic N) is 1. The summed E-state index contributed by atoms with van der Waals surface area (Å²) in [7, 11) is 3.71. The number of hydrogen-bond donors (Lipinski definition) is 2. The largest absolute Gasteiger partial charge is 0.497 e. The molecule has 0 atom stereocenters. The molecule has 0 radical (unpaired) electrons. The fourth-order valence-electron chi connectivity index (χ4n) is 2.34. The molecule has 0 spiro atoms. The lowest BCUT2D eigenvalue weighted by Crippen LogP contribution is -2.31. The van der Waals surface area contributed by atoms with Gasteiger partial charge in [-0.2, -0.15) is 0 Å². The molecule has 4 heteroatoms. The Labute approximate surface area is 108 Å². The number of methoxy groups -OCH3 is 1. The molecule has 98 valence electrons. The SMILES string of the molecule is COc1ccc(C(=N)N)c(N(C)CC2CCC2)c1. The summed E-state index contributed by atoms with van der Waals surface area (Å²) in [6.45, 7) is 1.02. The lowest BCUT2D eigenvalue weighted by atomic mass is 9.85. The summed E-state index contributed by atoms with van der Waals surface area (Å²) >= 11 is 0. The van der Waals surface area contributed by atoms with E-state index in [4.69, 9.17) is 15.9 Å². The van der Waals surface area contributed by atoms with Crippen LogP contribution in [0.3, 0.4) is 0 Å². The summed E-state index contributed by atoms with van der Waals surface area (Å²) in [5.41, 5.74) is 7.39. The van der Waals surface area contributed by atoms with E-state index >= 15 is 0 Å². The number of amidine groups is 1. The molecule has 0 unspecified atom stereocenters. The van der Waals surface area contributed by atoms with Crippen molar-refractivity contribution in [2.24, 2.45) is 11.7 Å². The van der Waals surface area contributed by atoms with E-state index in [2.05, 4.69) is 11.9 Å². The zero-order valence-corrected chi connectivity index (χ0v) is 11.1. The van der Waals surface area contributed by atoms with Crippen molar-refractivity contribution in [3.8, 4) is 5.75 Å². The molecule has 3 N–H and O–H groups in total. The van der Waals surface area contributed by atoms with E-state index in [0.29, 0.717) is 0 Å². The number of nitrogens with one attached hydrogen (secondary N) is 1. The number of rotatable bonds is 5. The molecule has 2 rings (SSSR count). The molecule has 0 bridgehead atoms. The third kappa shape index (κ3) is 2.58. The molecule has 1 aliphatic carbocycles. The molecule has 0 aromatic heterocycles. The van der Waals surface area contributed by atoms with Crippen LogP contribution in [0.4, 0.5) is 5.69 Å². The van der Waals surface area contributed by atoms with Crippen LogP contribution in [-0.2, 0) is 0 Å². The van der Waals surface area contributed by atoms with Gasteiger partial charge in [0.05, 0.1) is 12.8 Å². The maximum absolute atomic E-state index is 7.65. The highest BCUT2D eigenvalue weighted by Gasteiger charge is 2.21. The molecule has 18 heavy (non-hydrogen) atoms. The highest BCUT2D eigenvalue weighted by Crippen LogP contribution is 2.31. The predicted molar refractivity (Wildman–Crippen MR) is 74.6 cm³/mol. The molecule has 0 saturated heterocycles. The van der Waals surface area contributed by atoms with E-state index in [0.717, 1.165) is 29.5 Å².